The van der Waals surface area contributed by atoms with Gasteiger partial charge in [-0.05, 0) is 77.7 Å². The standard InChI is InChI=1S/C45H28N4/c46-28-32-20-25-44(49-42-14-5-1-9-36(42)37-10-2-6-15-43(37)49)40(27-32)33-21-16-30(17-22-33)26-31-18-23-35(24-19-31)48-41-13-4-3-11-38(41)39-12-7-8-34(29-47)45(39)48/h1-25,27H,26H2. The summed E-state index contributed by atoms with van der Waals surface area (Å²) >= 11 is 0. The number of nitriles is 2. The molecule has 9 rings (SSSR count). The lowest BCUT2D eigenvalue weighted by Crippen LogP contribution is -1.98. The largest absolute Gasteiger partial charge is 0.309 e. The van der Waals surface area contributed by atoms with Crippen molar-refractivity contribution in [2.75, 3.05) is 0 Å². The average Bonchev–Trinajstić information content (AvgIpc) is 3.68. The Labute approximate surface area is 283 Å². The molecule has 0 unspecified atom stereocenters. The third-order valence-electron chi connectivity index (χ3n) is 9.63. The summed E-state index contributed by atoms with van der Waals surface area (Å²) in [6.45, 7) is 0. The van der Waals surface area contributed by atoms with Gasteiger partial charge in [-0.15, -0.1) is 0 Å². The van der Waals surface area contributed by atoms with Crippen molar-refractivity contribution in [2.45, 2.75) is 6.42 Å². The number of para-hydroxylation sites is 4. The third-order valence-corrected chi connectivity index (χ3v) is 9.63. The van der Waals surface area contributed by atoms with Gasteiger partial charge in [0.15, 0.2) is 0 Å². The topological polar surface area (TPSA) is 57.4 Å². The molecule has 4 heteroatoms. The molecule has 0 bridgehead atoms. The van der Waals surface area contributed by atoms with E-state index >= 15 is 0 Å². The van der Waals surface area contributed by atoms with Crippen LogP contribution in [-0.2, 0) is 6.42 Å². The van der Waals surface area contributed by atoms with Crippen LogP contribution in [0, 0.1) is 22.7 Å². The fraction of sp³-hybridized carbons (Fsp3) is 0.0222. The van der Waals surface area contributed by atoms with Crippen molar-refractivity contribution in [3.8, 4) is 34.6 Å². The minimum Gasteiger partial charge on any atom is -0.309 e. The van der Waals surface area contributed by atoms with Gasteiger partial charge in [-0.2, -0.15) is 10.5 Å². The van der Waals surface area contributed by atoms with E-state index in [-0.39, 0.29) is 0 Å². The SMILES string of the molecule is N#Cc1ccc(-n2c3ccccc3c3ccccc32)c(-c2ccc(Cc3ccc(-n4c5ccccc5c5cccc(C#N)c54)cc3)cc2)c1. The number of nitrogens with zero attached hydrogens (tertiary/aromatic N) is 4. The lowest BCUT2D eigenvalue weighted by molar-refractivity contribution is 1.14. The zero-order valence-corrected chi connectivity index (χ0v) is 26.5. The first kappa shape index (κ1) is 28.4. The minimum absolute atomic E-state index is 0.633. The molecule has 0 radical (unpaired) electrons. The first-order valence-electron chi connectivity index (χ1n) is 16.4. The molecule has 228 valence electrons. The van der Waals surface area contributed by atoms with E-state index < -0.39 is 0 Å². The number of hydrogen-bond donors (Lipinski definition) is 0. The Bertz CT molecular complexity index is 2750. The van der Waals surface area contributed by atoms with Gasteiger partial charge in [-0.3, -0.25) is 0 Å². The van der Waals surface area contributed by atoms with Crippen LogP contribution in [0.25, 0.3) is 66.1 Å². The van der Waals surface area contributed by atoms with Gasteiger partial charge in [0.1, 0.15) is 6.07 Å². The summed E-state index contributed by atoms with van der Waals surface area (Å²) in [6.07, 6.45) is 0.787. The Kier molecular flexibility index (Phi) is 6.61. The Morgan fingerprint density at radius 3 is 1.63 bits per heavy atom. The highest BCUT2D eigenvalue weighted by molar-refractivity contribution is 6.11. The Hall–Kier alpha value is -6.88. The molecule has 0 spiro atoms. The number of aromatic nitrogens is 2. The molecule has 0 aliphatic carbocycles. The second-order valence-corrected chi connectivity index (χ2v) is 12.4. The lowest BCUT2D eigenvalue weighted by atomic mass is 9.97. The monoisotopic (exact) mass is 624 g/mol. The van der Waals surface area contributed by atoms with Crippen molar-refractivity contribution in [3.05, 3.63) is 180 Å². The van der Waals surface area contributed by atoms with E-state index in [2.05, 4.69) is 143 Å². The molecule has 0 fully saturated rings. The van der Waals surface area contributed by atoms with Gasteiger partial charge in [0.25, 0.3) is 0 Å². The summed E-state index contributed by atoms with van der Waals surface area (Å²) in [5.74, 6) is 0. The van der Waals surface area contributed by atoms with Gasteiger partial charge in [-0.25, -0.2) is 0 Å². The first-order valence-corrected chi connectivity index (χ1v) is 16.4. The highest BCUT2D eigenvalue weighted by atomic mass is 15.0. The van der Waals surface area contributed by atoms with E-state index in [1.54, 1.807) is 0 Å². The summed E-state index contributed by atoms with van der Waals surface area (Å²) in [6, 6.07) is 59.3. The summed E-state index contributed by atoms with van der Waals surface area (Å²) < 4.78 is 4.51. The van der Waals surface area contributed by atoms with Crippen LogP contribution in [0.4, 0.5) is 0 Å². The summed E-state index contributed by atoms with van der Waals surface area (Å²) in [7, 11) is 0. The average molecular weight is 625 g/mol. The van der Waals surface area contributed by atoms with Gasteiger partial charge in [0.05, 0.1) is 45.0 Å². The van der Waals surface area contributed by atoms with Crippen LogP contribution in [0.2, 0.25) is 0 Å². The second-order valence-electron chi connectivity index (χ2n) is 12.4. The van der Waals surface area contributed by atoms with Crippen LogP contribution >= 0.6 is 0 Å². The molecule has 2 aromatic heterocycles. The van der Waals surface area contributed by atoms with E-state index in [0.29, 0.717) is 11.1 Å². The maximum atomic E-state index is 9.93. The zero-order valence-electron chi connectivity index (χ0n) is 26.5. The van der Waals surface area contributed by atoms with E-state index in [1.807, 2.05) is 36.4 Å². The fourth-order valence-corrected chi connectivity index (χ4v) is 7.39. The highest BCUT2D eigenvalue weighted by Gasteiger charge is 2.17. The molecule has 0 amide bonds. The van der Waals surface area contributed by atoms with E-state index in [0.717, 1.165) is 61.8 Å². The number of fused-ring (bicyclic) bond motifs is 6. The van der Waals surface area contributed by atoms with Crippen molar-refractivity contribution in [1.29, 1.82) is 10.5 Å². The summed E-state index contributed by atoms with van der Waals surface area (Å²) in [4.78, 5) is 0. The number of hydrogen-bond acceptors (Lipinski definition) is 2. The second kappa shape index (κ2) is 11.4. The van der Waals surface area contributed by atoms with Crippen molar-refractivity contribution in [1.82, 2.24) is 9.13 Å². The molecule has 0 saturated heterocycles. The molecule has 4 nitrogen and oxygen atoms in total. The number of benzene rings is 7. The predicted octanol–water partition coefficient (Wildman–Crippen LogP) is 10.9. The third kappa shape index (κ3) is 4.59. The maximum absolute atomic E-state index is 9.93. The van der Waals surface area contributed by atoms with Gasteiger partial charge in [0, 0.05) is 32.8 Å². The molecule has 0 aliphatic rings. The Balaban J connectivity index is 1.07. The van der Waals surface area contributed by atoms with Crippen LogP contribution in [0.5, 0.6) is 0 Å². The van der Waals surface area contributed by atoms with Crippen LogP contribution in [-0.4, -0.2) is 9.13 Å². The van der Waals surface area contributed by atoms with Crippen LogP contribution < -0.4 is 0 Å². The van der Waals surface area contributed by atoms with Gasteiger partial charge in [0.2, 0.25) is 0 Å². The van der Waals surface area contributed by atoms with Crippen LogP contribution in [0.15, 0.2) is 158 Å². The van der Waals surface area contributed by atoms with Gasteiger partial charge < -0.3 is 9.13 Å². The normalized spacial score (nSPS) is 11.3. The minimum atomic E-state index is 0.633. The van der Waals surface area contributed by atoms with Crippen molar-refractivity contribution < 1.29 is 0 Å². The molecular formula is C45H28N4. The molecule has 7 aromatic carbocycles. The summed E-state index contributed by atoms with van der Waals surface area (Å²) in [5.41, 5.74) is 12.2. The van der Waals surface area contributed by atoms with Gasteiger partial charge >= 0.3 is 0 Å². The Morgan fingerprint density at radius 1 is 0.469 bits per heavy atom. The van der Waals surface area contributed by atoms with E-state index in [9.17, 15) is 10.5 Å². The molecular weight excluding hydrogens is 597 g/mol. The first-order chi connectivity index (χ1) is 24.2. The zero-order chi connectivity index (χ0) is 32.9. The number of rotatable bonds is 5. The Morgan fingerprint density at radius 2 is 1.02 bits per heavy atom. The van der Waals surface area contributed by atoms with E-state index in [1.165, 1.54) is 21.9 Å². The van der Waals surface area contributed by atoms with Crippen molar-refractivity contribution in [2.24, 2.45) is 0 Å². The highest BCUT2D eigenvalue weighted by Crippen LogP contribution is 2.37. The summed E-state index contributed by atoms with van der Waals surface area (Å²) in [5, 5.41) is 24.4. The molecule has 0 atom stereocenters. The smallest absolute Gasteiger partial charge is 0.101 e. The maximum Gasteiger partial charge on any atom is 0.101 e. The molecule has 2 heterocycles. The molecule has 49 heavy (non-hydrogen) atoms. The van der Waals surface area contributed by atoms with Crippen LogP contribution in [0.3, 0.4) is 0 Å². The fourth-order valence-electron chi connectivity index (χ4n) is 7.39. The predicted molar refractivity (Wildman–Crippen MR) is 199 cm³/mol. The van der Waals surface area contributed by atoms with Crippen LogP contribution in [0.1, 0.15) is 22.3 Å². The van der Waals surface area contributed by atoms with Gasteiger partial charge in [-0.1, -0.05) is 103 Å². The van der Waals surface area contributed by atoms with Crippen molar-refractivity contribution in [3.63, 3.8) is 0 Å². The molecule has 0 N–H and O–H groups in total. The lowest BCUT2D eigenvalue weighted by Gasteiger charge is -2.15. The molecule has 0 saturated carbocycles. The van der Waals surface area contributed by atoms with E-state index in [4.69, 9.17) is 0 Å². The molecule has 9 aromatic rings. The molecule has 0 aliphatic heterocycles. The quantitative estimate of drug-likeness (QED) is 0.191. The van der Waals surface area contributed by atoms with Crippen molar-refractivity contribution >= 4 is 43.6 Å².